The molecule has 0 unspecified atom stereocenters. The molecule has 0 aliphatic heterocycles. The van der Waals surface area contributed by atoms with E-state index < -0.39 is 16.0 Å². The molecule has 9 nitrogen and oxygen atoms in total. The molecule has 2 heterocycles. The molecular weight excluding hydrogens is 274 g/mol. The molecule has 0 amide bonds. The molecule has 102 valence electrons. The van der Waals surface area contributed by atoms with Crippen molar-refractivity contribution in [3.63, 3.8) is 0 Å². The molecule has 0 radical (unpaired) electrons. The van der Waals surface area contributed by atoms with Crippen LogP contribution in [0.1, 0.15) is 0 Å². The molecule has 0 aliphatic rings. The summed E-state index contributed by atoms with van der Waals surface area (Å²) in [6.45, 7) is -0.342. The smallest absolute Gasteiger partial charge is 0.325 e. The monoisotopic (exact) mass is 285 g/mol. The van der Waals surface area contributed by atoms with Crippen molar-refractivity contribution in [2.24, 2.45) is 7.05 Å². The highest BCUT2D eigenvalue weighted by Gasteiger charge is 2.18. The van der Waals surface area contributed by atoms with Crippen molar-refractivity contribution in [2.45, 2.75) is 11.6 Å². The minimum Gasteiger partial charge on any atom is -0.480 e. The second-order valence-corrected chi connectivity index (χ2v) is 5.43. The highest BCUT2D eigenvalue weighted by atomic mass is 32.2. The highest BCUT2D eigenvalue weighted by Crippen LogP contribution is 2.13. The first-order chi connectivity index (χ1) is 8.87. The van der Waals surface area contributed by atoms with Crippen LogP contribution in [0.3, 0.4) is 0 Å². The number of hydrogen-bond acceptors (Lipinski definition) is 5. The molecule has 2 N–H and O–H groups in total. The van der Waals surface area contributed by atoms with Gasteiger partial charge in [0.2, 0.25) is 0 Å². The number of hydrogen-bond donors (Lipinski definition) is 2. The summed E-state index contributed by atoms with van der Waals surface area (Å²) in [5.74, 6) is -1.07. The van der Waals surface area contributed by atoms with Crippen molar-refractivity contribution in [3.8, 4) is 0 Å². The average molecular weight is 285 g/mol. The fraction of sp³-hybridized carbons (Fsp3) is 0.222. The summed E-state index contributed by atoms with van der Waals surface area (Å²) >= 11 is 0. The van der Waals surface area contributed by atoms with Gasteiger partial charge in [-0.25, -0.2) is 4.98 Å². The summed E-state index contributed by atoms with van der Waals surface area (Å²) in [6.07, 6.45) is 5.23. The van der Waals surface area contributed by atoms with E-state index in [4.69, 9.17) is 5.11 Å². The molecule has 19 heavy (non-hydrogen) atoms. The summed E-state index contributed by atoms with van der Waals surface area (Å²) in [7, 11) is -2.14. The summed E-state index contributed by atoms with van der Waals surface area (Å²) in [5, 5.41) is 12.2. The van der Waals surface area contributed by atoms with Gasteiger partial charge in [-0.15, -0.1) is 0 Å². The molecule has 0 aromatic carbocycles. The Kier molecular flexibility index (Phi) is 3.25. The van der Waals surface area contributed by atoms with E-state index in [0.717, 1.165) is 4.68 Å². The number of carboxylic acids is 1. The van der Waals surface area contributed by atoms with Gasteiger partial charge in [0.15, 0.2) is 5.03 Å². The minimum atomic E-state index is -3.79. The Labute approximate surface area is 108 Å². The van der Waals surface area contributed by atoms with Crippen LogP contribution >= 0.6 is 0 Å². The molecule has 0 fully saturated rings. The topological polar surface area (TPSA) is 119 Å². The molecule has 0 bridgehead atoms. The molecule has 2 aromatic heterocycles. The Bertz CT molecular complexity index is 702. The Morgan fingerprint density at radius 2 is 2.21 bits per heavy atom. The SMILES string of the molecule is Cn1cnc(S(=O)(=O)Nc2cnn(CC(=O)O)c2)c1. The molecule has 0 aliphatic carbocycles. The van der Waals surface area contributed by atoms with Gasteiger partial charge < -0.3 is 9.67 Å². The normalized spacial score (nSPS) is 11.4. The number of aromatic nitrogens is 4. The molecule has 0 saturated carbocycles. The first-order valence-corrected chi connectivity index (χ1v) is 6.60. The third-order valence-electron chi connectivity index (χ3n) is 2.14. The molecule has 10 heteroatoms. The van der Waals surface area contributed by atoms with Crippen LogP contribution in [-0.2, 0) is 28.4 Å². The Hall–Kier alpha value is -2.36. The molecule has 0 atom stereocenters. The lowest BCUT2D eigenvalue weighted by molar-refractivity contribution is -0.137. The van der Waals surface area contributed by atoms with Gasteiger partial charge in [0, 0.05) is 19.4 Å². The van der Waals surface area contributed by atoms with E-state index in [1.165, 1.54) is 29.5 Å². The first kappa shape index (κ1) is 13.1. The summed E-state index contributed by atoms with van der Waals surface area (Å²) in [4.78, 5) is 14.2. The second kappa shape index (κ2) is 4.72. The quantitative estimate of drug-likeness (QED) is 0.764. The van der Waals surface area contributed by atoms with Gasteiger partial charge in [0.1, 0.15) is 6.54 Å². The van der Waals surface area contributed by atoms with E-state index in [0.29, 0.717) is 0 Å². The van der Waals surface area contributed by atoms with Crippen molar-refractivity contribution in [1.82, 2.24) is 19.3 Å². The van der Waals surface area contributed by atoms with Crippen molar-refractivity contribution >= 4 is 21.7 Å². The van der Waals surface area contributed by atoms with E-state index >= 15 is 0 Å². The number of carbonyl (C=O) groups is 1. The third-order valence-corrected chi connectivity index (χ3v) is 3.41. The van der Waals surface area contributed by atoms with E-state index in [1.54, 1.807) is 7.05 Å². The van der Waals surface area contributed by atoms with Gasteiger partial charge >= 0.3 is 5.97 Å². The lowest BCUT2D eigenvalue weighted by Crippen LogP contribution is -2.13. The van der Waals surface area contributed by atoms with Crippen LogP contribution in [0.2, 0.25) is 0 Å². The number of aliphatic carboxylic acids is 1. The van der Waals surface area contributed by atoms with Gasteiger partial charge in [0.25, 0.3) is 10.0 Å². The van der Waals surface area contributed by atoms with E-state index in [9.17, 15) is 13.2 Å². The summed E-state index contributed by atoms with van der Waals surface area (Å²) < 4.78 is 28.7. The number of nitrogens with zero attached hydrogens (tertiary/aromatic N) is 4. The van der Waals surface area contributed by atoms with Gasteiger partial charge in [-0.1, -0.05) is 0 Å². The van der Waals surface area contributed by atoms with E-state index in [2.05, 4.69) is 14.8 Å². The van der Waals surface area contributed by atoms with Crippen LogP contribution < -0.4 is 4.72 Å². The van der Waals surface area contributed by atoms with Crippen molar-refractivity contribution in [3.05, 3.63) is 24.9 Å². The maximum absolute atomic E-state index is 11.9. The van der Waals surface area contributed by atoms with Crippen LogP contribution in [0.5, 0.6) is 0 Å². The summed E-state index contributed by atoms with van der Waals surface area (Å²) in [6, 6.07) is 0. The zero-order chi connectivity index (χ0) is 14.0. The Balaban J connectivity index is 2.16. The third kappa shape index (κ3) is 3.10. The first-order valence-electron chi connectivity index (χ1n) is 5.12. The number of rotatable bonds is 5. The lowest BCUT2D eigenvalue weighted by Gasteiger charge is -2.01. The number of sulfonamides is 1. The molecule has 2 rings (SSSR count). The van der Waals surface area contributed by atoms with Gasteiger partial charge in [-0.3, -0.25) is 14.2 Å². The second-order valence-electron chi connectivity index (χ2n) is 3.80. The van der Waals surface area contributed by atoms with Gasteiger partial charge in [-0.05, 0) is 0 Å². The number of nitrogens with one attached hydrogen (secondary N) is 1. The zero-order valence-electron chi connectivity index (χ0n) is 9.89. The van der Waals surface area contributed by atoms with Gasteiger partial charge in [0.05, 0.1) is 18.2 Å². The van der Waals surface area contributed by atoms with Crippen LogP contribution in [0.15, 0.2) is 29.9 Å². The number of anilines is 1. The maximum atomic E-state index is 11.9. The minimum absolute atomic E-state index is 0.124. The summed E-state index contributed by atoms with van der Waals surface area (Å²) in [5.41, 5.74) is 0.173. The fourth-order valence-corrected chi connectivity index (χ4v) is 2.39. The molecular formula is C9H11N5O4S. The molecule has 0 saturated heterocycles. The largest absolute Gasteiger partial charge is 0.480 e. The average Bonchev–Trinajstić information content (AvgIpc) is 2.87. The van der Waals surface area contributed by atoms with Crippen molar-refractivity contribution in [1.29, 1.82) is 0 Å². The standard InChI is InChI=1S/C9H11N5O4S/c1-13-4-8(10-6-13)19(17,18)12-7-2-11-14(3-7)5-9(15)16/h2-4,6,12H,5H2,1H3,(H,15,16). The number of aryl methyl sites for hydroxylation is 1. The van der Waals surface area contributed by atoms with E-state index in [-0.39, 0.29) is 17.3 Å². The highest BCUT2D eigenvalue weighted by molar-refractivity contribution is 7.92. The van der Waals surface area contributed by atoms with Crippen molar-refractivity contribution < 1.29 is 18.3 Å². The number of carboxylic acid groups (broad SMARTS) is 1. The number of imidazole rings is 1. The van der Waals surface area contributed by atoms with Crippen LogP contribution in [0.4, 0.5) is 5.69 Å². The fourth-order valence-electron chi connectivity index (χ4n) is 1.38. The Morgan fingerprint density at radius 3 is 2.79 bits per heavy atom. The predicted molar refractivity (Wildman–Crippen MR) is 63.9 cm³/mol. The predicted octanol–water partition coefficient (Wildman–Crippen LogP) is -0.498. The van der Waals surface area contributed by atoms with E-state index in [1.807, 2.05) is 0 Å². The van der Waals surface area contributed by atoms with Crippen LogP contribution in [0.25, 0.3) is 0 Å². The lowest BCUT2D eigenvalue weighted by atomic mass is 10.6. The Morgan fingerprint density at radius 1 is 1.47 bits per heavy atom. The maximum Gasteiger partial charge on any atom is 0.325 e. The molecule has 0 spiro atoms. The molecule has 2 aromatic rings. The van der Waals surface area contributed by atoms with Crippen LogP contribution in [-0.4, -0.2) is 38.8 Å². The van der Waals surface area contributed by atoms with Crippen molar-refractivity contribution in [2.75, 3.05) is 4.72 Å². The zero-order valence-corrected chi connectivity index (χ0v) is 10.7. The van der Waals surface area contributed by atoms with Gasteiger partial charge in [-0.2, -0.15) is 13.5 Å². The van der Waals surface area contributed by atoms with Crippen LogP contribution in [0, 0.1) is 0 Å².